The van der Waals surface area contributed by atoms with Crippen LogP contribution in [0.1, 0.15) is 38.7 Å². The summed E-state index contributed by atoms with van der Waals surface area (Å²) >= 11 is 0. The molecule has 0 aliphatic rings. The van der Waals surface area contributed by atoms with Gasteiger partial charge in [0.1, 0.15) is 0 Å². The Morgan fingerprint density at radius 2 is 2.00 bits per heavy atom. The first-order chi connectivity index (χ1) is 8.76. The van der Waals surface area contributed by atoms with Crippen molar-refractivity contribution in [1.82, 2.24) is 5.32 Å². The highest BCUT2D eigenvalue weighted by atomic mass is 16.5. The topological polar surface area (TPSA) is 38.3 Å². The summed E-state index contributed by atoms with van der Waals surface area (Å²) in [4.78, 5) is 11.5. The quantitative estimate of drug-likeness (QED) is 0.720. The van der Waals surface area contributed by atoms with Gasteiger partial charge in [0.05, 0.1) is 13.0 Å². The van der Waals surface area contributed by atoms with Crippen molar-refractivity contribution in [2.24, 2.45) is 0 Å². The van der Waals surface area contributed by atoms with E-state index >= 15 is 0 Å². The Morgan fingerprint density at radius 1 is 1.28 bits per heavy atom. The molecule has 0 spiro atoms. The highest BCUT2D eigenvalue weighted by Gasteiger charge is 2.13. The van der Waals surface area contributed by atoms with Crippen LogP contribution in [0.5, 0.6) is 0 Å². The van der Waals surface area contributed by atoms with Crippen molar-refractivity contribution in [1.29, 1.82) is 0 Å². The molecule has 0 heterocycles. The van der Waals surface area contributed by atoms with Gasteiger partial charge in [-0.05, 0) is 18.9 Å². The lowest BCUT2D eigenvalue weighted by Crippen LogP contribution is -2.31. The van der Waals surface area contributed by atoms with Gasteiger partial charge in [0.25, 0.3) is 0 Å². The van der Waals surface area contributed by atoms with Crippen molar-refractivity contribution in [2.45, 2.75) is 45.7 Å². The van der Waals surface area contributed by atoms with Crippen molar-refractivity contribution in [2.75, 3.05) is 6.61 Å². The van der Waals surface area contributed by atoms with Gasteiger partial charge in [-0.15, -0.1) is 0 Å². The zero-order valence-corrected chi connectivity index (χ0v) is 11.3. The summed E-state index contributed by atoms with van der Waals surface area (Å²) in [5.74, 6) is -0.114. The minimum absolute atomic E-state index is 0.114. The van der Waals surface area contributed by atoms with E-state index in [2.05, 4.69) is 24.4 Å². The fourth-order valence-electron chi connectivity index (χ4n) is 1.90. The fourth-order valence-corrected chi connectivity index (χ4v) is 1.90. The predicted octanol–water partition coefficient (Wildman–Crippen LogP) is 2.90. The lowest BCUT2D eigenvalue weighted by molar-refractivity contribution is -0.143. The summed E-state index contributed by atoms with van der Waals surface area (Å²) in [6, 6.07) is 10.4. The van der Waals surface area contributed by atoms with Crippen LogP contribution in [-0.4, -0.2) is 18.6 Å². The van der Waals surface area contributed by atoms with Crippen LogP contribution in [0, 0.1) is 0 Å². The molecule has 1 N–H and O–H groups in total. The molecule has 1 aromatic carbocycles. The maximum Gasteiger partial charge on any atom is 0.307 e. The lowest BCUT2D eigenvalue weighted by atomic mass is 10.1. The highest BCUT2D eigenvalue weighted by molar-refractivity contribution is 5.70. The number of hydrogen-bond donors (Lipinski definition) is 1. The monoisotopic (exact) mass is 249 g/mol. The number of ether oxygens (including phenoxy) is 1. The number of esters is 1. The highest BCUT2D eigenvalue weighted by Crippen LogP contribution is 2.06. The SMILES string of the molecule is CCC[C@H](CC(=O)OCC)NCc1ccccc1. The maximum absolute atomic E-state index is 11.5. The molecule has 0 unspecified atom stereocenters. The van der Waals surface area contributed by atoms with Crippen LogP contribution in [0.4, 0.5) is 0 Å². The molecule has 18 heavy (non-hydrogen) atoms. The minimum Gasteiger partial charge on any atom is -0.466 e. The number of carbonyl (C=O) groups excluding carboxylic acids is 1. The smallest absolute Gasteiger partial charge is 0.307 e. The van der Waals surface area contributed by atoms with Crippen molar-refractivity contribution >= 4 is 5.97 Å². The minimum atomic E-state index is -0.114. The van der Waals surface area contributed by atoms with E-state index in [0.717, 1.165) is 19.4 Å². The second kappa shape index (κ2) is 8.70. The summed E-state index contributed by atoms with van der Waals surface area (Å²) in [5, 5.41) is 3.43. The van der Waals surface area contributed by atoms with Gasteiger partial charge in [0.2, 0.25) is 0 Å². The molecule has 0 amide bonds. The Bertz CT molecular complexity index is 338. The molecule has 1 aromatic rings. The van der Waals surface area contributed by atoms with E-state index in [-0.39, 0.29) is 12.0 Å². The summed E-state index contributed by atoms with van der Waals surface area (Å²) < 4.78 is 4.99. The third-order valence-electron chi connectivity index (χ3n) is 2.79. The molecule has 0 aliphatic carbocycles. The van der Waals surface area contributed by atoms with Gasteiger partial charge in [-0.2, -0.15) is 0 Å². The van der Waals surface area contributed by atoms with E-state index in [1.165, 1.54) is 5.56 Å². The van der Waals surface area contributed by atoms with Gasteiger partial charge in [0.15, 0.2) is 0 Å². The van der Waals surface area contributed by atoms with E-state index in [0.29, 0.717) is 13.0 Å². The van der Waals surface area contributed by atoms with E-state index in [1.807, 2.05) is 25.1 Å². The van der Waals surface area contributed by atoms with Gasteiger partial charge < -0.3 is 10.1 Å². The Kier molecular flexibility index (Phi) is 7.11. The van der Waals surface area contributed by atoms with Crippen LogP contribution >= 0.6 is 0 Å². The first-order valence-electron chi connectivity index (χ1n) is 6.69. The lowest BCUT2D eigenvalue weighted by Gasteiger charge is -2.17. The van der Waals surface area contributed by atoms with Crippen molar-refractivity contribution in [3.63, 3.8) is 0 Å². The predicted molar refractivity (Wildman–Crippen MR) is 73.2 cm³/mol. The third kappa shape index (κ3) is 5.82. The van der Waals surface area contributed by atoms with Gasteiger partial charge in [-0.3, -0.25) is 4.79 Å². The first kappa shape index (κ1) is 14.7. The molecule has 3 heteroatoms. The van der Waals surface area contributed by atoms with Crippen molar-refractivity contribution in [3.05, 3.63) is 35.9 Å². The van der Waals surface area contributed by atoms with Crippen molar-refractivity contribution < 1.29 is 9.53 Å². The third-order valence-corrected chi connectivity index (χ3v) is 2.79. The molecule has 0 bridgehead atoms. The molecule has 0 saturated heterocycles. The average molecular weight is 249 g/mol. The summed E-state index contributed by atoms with van der Waals surface area (Å²) in [6.45, 7) is 5.22. The Morgan fingerprint density at radius 3 is 2.61 bits per heavy atom. The summed E-state index contributed by atoms with van der Waals surface area (Å²) in [7, 11) is 0. The van der Waals surface area contributed by atoms with Crippen LogP contribution < -0.4 is 5.32 Å². The number of benzene rings is 1. The van der Waals surface area contributed by atoms with Crippen LogP contribution in [0.3, 0.4) is 0 Å². The molecule has 0 radical (unpaired) electrons. The zero-order valence-electron chi connectivity index (χ0n) is 11.3. The van der Waals surface area contributed by atoms with Gasteiger partial charge in [-0.25, -0.2) is 0 Å². The van der Waals surface area contributed by atoms with Gasteiger partial charge >= 0.3 is 5.97 Å². The molecule has 0 aromatic heterocycles. The molecule has 0 fully saturated rings. The van der Waals surface area contributed by atoms with E-state index in [1.54, 1.807) is 0 Å². The number of rotatable bonds is 8. The molecule has 100 valence electrons. The largest absolute Gasteiger partial charge is 0.466 e. The number of carbonyl (C=O) groups is 1. The average Bonchev–Trinajstić information content (AvgIpc) is 2.38. The summed E-state index contributed by atoms with van der Waals surface area (Å²) in [5.41, 5.74) is 1.24. The Hall–Kier alpha value is -1.35. The Balaban J connectivity index is 2.40. The first-order valence-corrected chi connectivity index (χ1v) is 6.69. The zero-order chi connectivity index (χ0) is 13.2. The van der Waals surface area contributed by atoms with Crippen LogP contribution in [-0.2, 0) is 16.1 Å². The summed E-state index contributed by atoms with van der Waals surface area (Å²) in [6.07, 6.45) is 2.51. The number of hydrogen-bond acceptors (Lipinski definition) is 3. The molecule has 3 nitrogen and oxygen atoms in total. The van der Waals surface area contributed by atoms with Crippen molar-refractivity contribution in [3.8, 4) is 0 Å². The Labute approximate surface area is 110 Å². The molecular weight excluding hydrogens is 226 g/mol. The molecule has 0 saturated carbocycles. The molecular formula is C15H23NO2. The van der Waals surface area contributed by atoms with Crippen LogP contribution in [0.2, 0.25) is 0 Å². The van der Waals surface area contributed by atoms with E-state index < -0.39 is 0 Å². The second-order valence-corrected chi connectivity index (χ2v) is 4.36. The molecule has 1 atom stereocenters. The molecule has 1 rings (SSSR count). The molecule has 0 aliphatic heterocycles. The second-order valence-electron chi connectivity index (χ2n) is 4.36. The van der Waals surface area contributed by atoms with Crippen LogP contribution in [0.15, 0.2) is 30.3 Å². The number of nitrogens with one attached hydrogen (secondary N) is 1. The fraction of sp³-hybridized carbons (Fsp3) is 0.533. The van der Waals surface area contributed by atoms with E-state index in [4.69, 9.17) is 4.74 Å². The van der Waals surface area contributed by atoms with Gasteiger partial charge in [-0.1, -0.05) is 43.7 Å². The van der Waals surface area contributed by atoms with Gasteiger partial charge in [0, 0.05) is 12.6 Å². The van der Waals surface area contributed by atoms with Crippen LogP contribution in [0.25, 0.3) is 0 Å². The van der Waals surface area contributed by atoms with E-state index in [9.17, 15) is 4.79 Å². The maximum atomic E-state index is 11.5. The normalized spacial score (nSPS) is 12.1. The standard InChI is InChI=1S/C15H23NO2/c1-3-8-14(11-15(17)18-4-2)16-12-13-9-6-5-7-10-13/h5-7,9-10,14,16H,3-4,8,11-12H2,1-2H3/t14-/m1/s1.